The Balaban J connectivity index is 1.75. The Labute approximate surface area is 186 Å². The van der Waals surface area contributed by atoms with Crippen LogP contribution in [0.15, 0.2) is 51.6 Å². The van der Waals surface area contributed by atoms with Gasteiger partial charge in [0.05, 0.1) is 23.4 Å². The van der Waals surface area contributed by atoms with Crippen LogP contribution >= 0.6 is 15.9 Å². The van der Waals surface area contributed by atoms with Gasteiger partial charge in [0.2, 0.25) is 11.8 Å². The molecule has 8 heteroatoms. The van der Waals surface area contributed by atoms with E-state index in [9.17, 15) is 24.3 Å². The highest BCUT2D eigenvalue weighted by molar-refractivity contribution is 9.12. The van der Waals surface area contributed by atoms with E-state index in [2.05, 4.69) is 21.2 Å². The van der Waals surface area contributed by atoms with Crippen LogP contribution in [-0.2, 0) is 19.2 Å². The minimum Gasteiger partial charge on any atom is -0.508 e. The molecule has 5 rings (SSSR count). The number of nitrogens with one attached hydrogen (secondary N) is 1. The Morgan fingerprint density at radius 1 is 1.13 bits per heavy atom. The third-order valence-electron chi connectivity index (χ3n) is 6.70. The molecule has 1 fully saturated rings. The van der Waals surface area contributed by atoms with E-state index in [0.717, 1.165) is 5.57 Å². The summed E-state index contributed by atoms with van der Waals surface area (Å²) >= 11 is 3.19. The van der Waals surface area contributed by atoms with E-state index in [1.807, 2.05) is 6.08 Å². The Morgan fingerprint density at radius 3 is 2.65 bits per heavy atom. The molecule has 1 aromatic carbocycles. The van der Waals surface area contributed by atoms with Crippen molar-refractivity contribution in [3.05, 3.63) is 57.1 Å². The molecule has 4 atom stereocenters. The Bertz CT molecular complexity index is 1180. The largest absolute Gasteiger partial charge is 0.508 e. The molecule has 1 saturated heterocycles. The number of allylic oxidation sites excluding steroid dienone is 6. The van der Waals surface area contributed by atoms with Crippen LogP contribution in [0.5, 0.6) is 11.5 Å². The lowest BCUT2D eigenvalue weighted by atomic mass is 9.59. The number of imide groups is 1. The van der Waals surface area contributed by atoms with Crippen LogP contribution in [0.4, 0.5) is 0 Å². The van der Waals surface area contributed by atoms with Crippen LogP contribution in [0.25, 0.3) is 0 Å². The number of benzene rings is 1. The molecule has 7 nitrogen and oxygen atoms in total. The van der Waals surface area contributed by atoms with Crippen LogP contribution < -0.4 is 10.1 Å². The summed E-state index contributed by atoms with van der Waals surface area (Å²) in [5.41, 5.74) is 2.18. The average molecular weight is 484 g/mol. The number of fused-ring (bicyclic) bond motifs is 3. The fraction of sp³-hybridized carbons (Fsp3) is 0.304. The molecule has 0 spiro atoms. The molecule has 0 saturated carbocycles. The number of amides is 2. The minimum atomic E-state index is -0.609. The summed E-state index contributed by atoms with van der Waals surface area (Å²) in [5, 5.41) is 12.3. The van der Waals surface area contributed by atoms with Gasteiger partial charge in [-0.3, -0.25) is 24.5 Å². The molecular weight excluding hydrogens is 466 g/mol. The second kappa shape index (κ2) is 7.02. The number of halogens is 1. The van der Waals surface area contributed by atoms with E-state index in [-0.39, 0.29) is 46.0 Å². The molecule has 3 aliphatic carbocycles. The molecule has 31 heavy (non-hydrogen) atoms. The summed E-state index contributed by atoms with van der Waals surface area (Å²) < 4.78 is 5.66. The van der Waals surface area contributed by atoms with Crippen molar-refractivity contribution < 1.29 is 29.0 Å². The molecule has 0 bridgehead atoms. The second-order valence-electron chi connectivity index (χ2n) is 8.17. The highest BCUT2D eigenvalue weighted by atomic mass is 79.9. The third kappa shape index (κ3) is 2.85. The molecule has 4 unspecified atom stereocenters. The second-order valence-corrected chi connectivity index (χ2v) is 9.03. The fourth-order valence-electron chi connectivity index (χ4n) is 5.41. The first-order chi connectivity index (χ1) is 14.8. The maximum atomic E-state index is 13.1. The van der Waals surface area contributed by atoms with Gasteiger partial charge in [-0.25, -0.2) is 0 Å². The van der Waals surface area contributed by atoms with Crippen molar-refractivity contribution in [3.8, 4) is 11.5 Å². The number of ketones is 2. The number of rotatable bonds is 2. The fourth-order valence-corrected chi connectivity index (χ4v) is 5.86. The lowest BCUT2D eigenvalue weighted by Crippen LogP contribution is -2.39. The van der Waals surface area contributed by atoms with Gasteiger partial charge in [-0.1, -0.05) is 17.7 Å². The first-order valence-electron chi connectivity index (χ1n) is 9.92. The predicted molar refractivity (Wildman–Crippen MR) is 112 cm³/mol. The number of hydrogen-bond donors (Lipinski definition) is 2. The number of phenolic OH excluding ortho intramolecular Hbond substituents is 1. The quantitative estimate of drug-likeness (QED) is 0.379. The maximum Gasteiger partial charge on any atom is 0.231 e. The normalized spacial score (nSPS) is 29.6. The van der Waals surface area contributed by atoms with Gasteiger partial charge in [0.15, 0.2) is 11.6 Å². The van der Waals surface area contributed by atoms with Gasteiger partial charge in [-0.2, -0.15) is 0 Å². The van der Waals surface area contributed by atoms with E-state index in [4.69, 9.17) is 4.74 Å². The minimum absolute atomic E-state index is 0.00862. The van der Waals surface area contributed by atoms with E-state index in [1.165, 1.54) is 25.3 Å². The Hall–Kier alpha value is -3.00. The number of phenols is 1. The predicted octanol–water partition coefficient (Wildman–Crippen LogP) is 2.45. The molecule has 158 valence electrons. The van der Waals surface area contributed by atoms with Crippen molar-refractivity contribution in [1.29, 1.82) is 0 Å². The van der Waals surface area contributed by atoms with Crippen molar-refractivity contribution in [1.82, 2.24) is 5.32 Å². The summed E-state index contributed by atoms with van der Waals surface area (Å²) in [6.07, 6.45) is 3.80. The number of methoxy groups -OCH3 is 1. The van der Waals surface area contributed by atoms with Gasteiger partial charge in [0.1, 0.15) is 11.5 Å². The smallest absolute Gasteiger partial charge is 0.231 e. The lowest BCUT2D eigenvalue weighted by Gasteiger charge is -2.42. The van der Waals surface area contributed by atoms with Gasteiger partial charge < -0.3 is 9.84 Å². The topological polar surface area (TPSA) is 110 Å². The Kier molecular flexibility index (Phi) is 4.51. The van der Waals surface area contributed by atoms with Crippen LogP contribution in [0, 0.1) is 17.8 Å². The molecule has 0 aromatic heterocycles. The molecule has 2 amide bonds. The molecule has 1 aromatic rings. The van der Waals surface area contributed by atoms with Crippen molar-refractivity contribution in [2.75, 3.05) is 7.11 Å². The first-order valence-corrected chi connectivity index (χ1v) is 10.7. The van der Waals surface area contributed by atoms with Gasteiger partial charge in [0, 0.05) is 34.8 Å². The highest BCUT2D eigenvalue weighted by Gasteiger charge is 2.53. The standard InChI is InChI=1S/C23H18BrNO6/c1-31-17-6-9(26)2-3-11(17)18-10-4-5-12-19(23(30)25-22(12)29)13(10)7-14-20(18)16(27)8-15(24)21(14)28/h2-4,6,8,12-13,18-19,26H,5,7H2,1H3,(H,25,29,30). The zero-order valence-corrected chi connectivity index (χ0v) is 18.1. The van der Waals surface area contributed by atoms with Gasteiger partial charge in [-0.05, 0) is 40.8 Å². The van der Waals surface area contributed by atoms with E-state index >= 15 is 0 Å². The number of Topliss-reactive ketones (excluding diaryl/α,β-unsaturated/α-hetero) is 1. The number of carbonyl (C=O) groups is 4. The van der Waals surface area contributed by atoms with E-state index in [0.29, 0.717) is 28.9 Å². The monoisotopic (exact) mass is 483 g/mol. The SMILES string of the molecule is COc1cc(O)ccc1C1C2=CCC3C(=O)NC(=O)C3C2CC2=C1C(=O)C=C(Br)C2=O. The zero-order chi connectivity index (χ0) is 22.0. The first kappa shape index (κ1) is 19.9. The lowest BCUT2D eigenvalue weighted by molar-refractivity contribution is -0.126. The highest BCUT2D eigenvalue weighted by Crippen LogP contribution is 2.55. The number of aromatic hydroxyl groups is 1. The van der Waals surface area contributed by atoms with Crippen molar-refractivity contribution >= 4 is 39.3 Å². The van der Waals surface area contributed by atoms with E-state index in [1.54, 1.807) is 6.07 Å². The zero-order valence-electron chi connectivity index (χ0n) is 16.5. The van der Waals surface area contributed by atoms with Gasteiger partial charge >= 0.3 is 0 Å². The number of carbonyl (C=O) groups excluding carboxylic acids is 4. The summed E-state index contributed by atoms with van der Waals surface area (Å²) in [4.78, 5) is 51.0. The molecule has 4 aliphatic rings. The summed E-state index contributed by atoms with van der Waals surface area (Å²) in [6, 6.07) is 4.63. The molecular formula is C23H18BrNO6. The Morgan fingerprint density at radius 2 is 1.90 bits per heavy atom. The summed E-state index contributed by atoms with van der Waals surface area (Å²) in [7, 11) is 1.46. The van der Waals surface area contributed by atoms with Crippen LogP contribution in [0.2, 0.25) is 0 Å². The molecule has 1 aliphatic heterocycles. The van der Waals surface area contributed by atoms with Crippen molar-refractivity contribution in [2.24, 2.45) is 17.8 Å². The third-order valence-corrected chi connectivity index (χ3v) is 7.29. The molecule has 1 heterocycles. The maximum absolute atomic E-state index is 13.1. The van der Waals surface area contributed by atoms with Crippen LogP contribution in [-0.4, -0.2) is 35.6 Å². The number of hydrogen-bond acceptors (Lipinski definition) is 6. The van der Waals surface area contributed by atoms with Crippen molar-refractivity contribution in [3.63, 3.8) is 0 Å². The molecule has 2 N–H and O–H groups in total. The summed E-state index contributed by atoms with van der Waals surface area (Å²) in [6.45, 7) is 0. The van der Waals surface area contributed by atoms with Gasteiger partial charge in [-0.15, -0.1) is 0 Å². The van der Waals surface area contributed by atoms with E-state index < -0.39 is 17.8 Å². The van der Waals surface area contributed by atoms with Gasteiger partial charge in [0.25, 0.3) is 0 Å². The van der Waals surface area contributed by atoms with Crippen LogP contribution in [0.3, 0.4) is 0 Å². The molecule has 0 radical (unpaired) electrons. The number of ether oxygens (including phenoxy) is 1. The average Bonchev–Trinajstić information content (AvgIpc) is 3.04. The van der Waals surface area contributed by atoms with Crippen molar-refractivity contribution in [2.45, 2.75) is 18.8 Å². The summed E-state index contributed by atoms with van der Waals surface area (Å²) in [5.74, 6) is -2.87. The van der Waals surface area contributed by atoms with Crippen LogP contribution in [0.1, 0.15) is 24.3 Å².